The Kier molecular flexibility index (Phi) is 9.00. The van der Waals surface area contributed by atoms with Crippen LogP contribution in [0.5, 0.6) is 17.2 Å². The molecule has 0 saturated heterocycles. The molecule has 7 heteroatoms. The van der Waals surface area contributed by atoms with Gasteiger partial charge in [0.25, 0.3) is 0 Å². The van der Waals surface area contributed by atoms with E-state index in [9.17, 15) is 0 Å². The van der Waals surface area contributed by atoms with Crippen LogP contribution in [-0.2, 0) is 6.54 Å². The molecule has 0 unspecified atom stereocenters. The maximum absolute atomic E-state index is 5.41. The number of nitrogens with zero attached hydrogens (tertiary/aromatic N) is 3. The van der Waals surface area contributed by atoms with Crippen LogP contribution in [0.4, 0.5) is 0 Å². The molecule has 0 aliphatic rings. The van der Waals surface area contributed by atoms with E-state index in [-0.39, 0.29) is 24.0 Å². The number of halogens is 1. The van der Waals surface area contributed by atoms with E-state index in [1.54, 1.807) is 21.3 Å². The standard InChI is InChI=1S/C15H25N3O3.HI/c1-17(2)15(18(3)4)16-10-11-8-13(20-6)14(21-7)9-12(11)19-5;/h8-9H,10H2,1-7H3;1H. The molecular formula is C15H26IN3O3. The molecule has 1 rings (SSSR count). The summed E-state index contributed by atoms with van der Waals surface area (Å²) in [6.45, 7) is 0.495. The molecule has 0 saturated carbocycles. The minimum atomic E-state index is 0. The molecule has 22 heavy (non-hydrogen) atoms. The highest BCUT2D eigenvalue weighted by molar-refractivity contribution is 14.0. The van der Waals surface area contributed by atoms with Gasteiger partial charge in [-0.05, 0) is 6.07 Å². The molecule has 1 aromatic rings. The molecule has 0 amide bonds. The van der Waals surface area contributed by atoms with Crippen LogP contribution < -0.4 is 14.2 Å². The molecule has 0 heterocycles. The van der Waals surface area contributed by atoms with Gasteiger partial charge in [0.05, 0.1) is 27.9 Å². The van der Waals surface area contributed by atoms with Gasteiger partial charge >= 0.3 is 0 Å². The minimum Gasteiger partial charge on any atom is -0.496 e. The maximum atomic E-state index is 5.41. The molecule has 1 aromatic carbocycles. The van der Waals surface area contributed by atoms with Crippen LogP contribution >= 0.6 is 24.0 Å². The highest BCUT2D eigenvalue weighted by Crippen LogP contribution is 2.34. The zero-order valence-electron chi connectivity index (χ0n) is 14.3. The molecule has 0 atom stereocenters. The Morgan fingerprint density at radius 2 is 1.32 bits per heavy atom. The van der Waals surface area contributed by atoms with Gasteiger partial charge in [-0.15, -0.1) is 24.0 Å². The summed E-state index contributed by atoms with van der Waals surface area (Å²) in [5, 5.41) is 0. The summed E-state index contributed by atoms with van der Waals surface area (Å²) >= 11 is 0. The Bertz CT molecular complexity index is 495. The van der Waals surface area contributed by atoms with Crippen molar-refractivity contribution in [3.63, 3.8) is 0 Å². The van der Waals surface area contributed by atoms with Crippen LogP contribution in [-0.4, -0.2) is 65.3 Å². The second-order valence-electron chi connectivity index (χ2n) is 4.92. The third kappa shape index (κ3) is 5.11. The van der Waals surface area contributed by atoms with E-state index in [1.165, 1.54) is 0 Å². The van der Waals surface area contributed by atoms with Crippen LogP contribution in [0.1, 0.15) is 5.56 Å². The van der Waals surface area contributed by atoms with Crippen molar-refractivity contribution in [3.8, 4) is 17.2 Å². The first-order chi connectivity index (χ1) is 9.94. The average molecular weight is 423 g/mol. The number of guanidine groups is 1. The molecule has 0 aliphatic heterocycles. The summed E-state index contributed by atoms with van der Waals surface area (Å²) in [6, 6.07) is 3.71. The average Bonchev–Trinajstić information content (AvgIpc) is 2.45. The largest absolute Gasteiger partial charge is 0.496 e. The van der Waals surface area contributed by atoms with Gasteiger partial charge in [0.1, 0.15) is 5.75 Å². The highest BCUT2D eigenvalue weighted by atomic mass is 127. The fraction of sp³-hybridized carbons (Fsp3) is 0.533. The molecule has 126 valence electrons. The first kappa shape index (κ1) is 20.6. The Labute approximate surface area is 150 Å². The lowest BCUT2D eigenvalue weighted by molar-refractivity contribution is 0.347. The highest BCUT2D eigenvalue weighted by Gasteiger charge is 2.12. The van der Waals surface area contributed by atoms with Gasteiger partial charge in [-0.2, -0.15) is 0 Å². The third-order valence-electron chi connectivity index (χ3n) is 2.98. The molecule has 0 fully saturated rings. The summed E-state index contributed by atoms with van der Waals surface area (Å²) in [6.07, 6.45) is 0. The molecule has 0 N–H and O–H groups in total. The number of hydrogen-bond acceptors (Lipinski definition) is 4. The molecule has 0 bridgehead atoms. The Balaban J connectivity index is 0.00000441. The Morgan fingerprint density at radius 1 is 0.864 bits per heavy atom. The number of rotatable bonds is 5. The topological polar surface area (TPSA) is 46.5 Å². The van der Waals surface area contributed by atoms with Crippen molar-refractivity contribution in [1.29, 1.82) is 0 Å². The van der Waals surface area contributed by atoms with Crippen molar-refractivity contribution in [1.82, 2.24) is 9.80 Å². The number of benzene rings is 1. The normalized spacial score (nSPS) is 9.41. The van der Waals surface area contributed by atoms with Crippen LogP contribution in [0.3, 0.4) is 0 Å². The molecular weight excluding hydrogens is 397 g/mol. The van der Waals surface area contributed by atoms with Gasteiger partial charge in [-0.1, -0.05) is 0 Å². The van der Waals surface area contributed by atoms with Gasteiger partial charge in [0, 0.05) is 39.8 Å². The first-order valence-electron chi connectivity index (χ1n) is 6.62. The van der Waals surface area contributed by atoms with Gasteiger partial charge in [0.15, 0.2) is 17.5 Å². The third-order valence-corrected chi connectivity index (χ3v) is 2.98. The van der Waals surface area contributed by atoms with Crippen molar-refractivity contribution >= 4 is 29.9 Å². The quantitative estimate of drug-likeness (QED) is 0.413. The monoisotopic (exact) mass is 423 g/mol. The van der Waals surface area contributed by atoms with Crippen LogP contribution in [0.25, 0.3) is 0 Å². The fourth-order valence-electron chi connectivity index (χ4n) is 2.05. The molecule has 0 radical (unpaired) electrons. The van der Waals surface area contributed by atoms with Crippen molar-refractivity contribution in [2.75, 3.05) is 49.5 Å². The molecule has 0 spiro atoms. The molecule has 0 aliphatic carbocycles. The van der Waals surface area contributed by atoms with E-state index in [1.807, 2.05) is 50.1 Å². The van der Waals surface area contributed by atoms with E-state index >= 15 is 0 Å². The van der Waals surface area contributed by atoms with Gasteiger partial charge < -0.3 is 24.0 Å². The summed E-state index contributed by atoms with van der Waals surface area (Å²) < 4.78 is 16.0. The smallest absolute Gasteiger partial charge is 0.195 e. The van der Waals surface area contributed by atoms with E-state index in [2.05, 4.69) is 4.99 Å². The van der Waals surface area contributed by atoms with E-state index in [0.717, 1.165) is 17.3 Å². The van der Waals surface area contributed by atoms with E-state index in [0.29, 0.717) is 18.0 Å². The number of hydrogen-bond donors (Lipinski definition) is 0. The number of aliphatic imine (C=N–C) groups is 1. The fourth-order valence-corrected chi connectivity index (χ4v) is 2.05. The van der Waals surface area contributed by atoms with E-state index < -0.39 is 0 Å². The summed E-state index contributed by atoms with van der Waals surface area (Å²) in [5.74, 6) is 2.92. The molecule has 0 aromatic heterocycles. The van der Waals surface area contributed by atoms with Gasteiger partial charge in [-0.3, -0.25) is 0 Å². The van der Waals surface area contributed by atoms with Crippen molar-refractivity contribution < 1.29 is 14.2 Å². The maximum Gasteiger partial charge on any atom is 0.195 e. The first-order valence-corrected chi connectivity index (χ1v) is 6.62. The lowest BCUT2D eigenvalue weighted by Gasteiger charge is -2.23. The summed E-state index contributed by atoms with van der Waals surface area (Å²) in [7, 11) is 12.7. The SMILES string of the molecule is COc1cc(OC)c(OC)cc1CN=C(N(C)C)N(C)C.I. The Morgan fingerprint density at radius 3 is 1.73 bits per heavy atom. The lowest BCUT2D eigenvalue weighted by atomic mass is 10.1. The predicted octanol–water partition coefficient (Wildman–Crippen LogP) is 2.31. The Hall–Kier alpha value is -1.38. The van der Waals surface area contributed by atoms with Crippen LogP contribution in [0, 0.1) is 0 Å². The van der Waals surface area contributed by atoms with Gasteiger partial charge in [-0.25, -0.2) is 4.99 Å². The van der Waals surface area contributed by atoms with Crippen LogP contribution in [0.15, 0.2) is 17.1 Å². The zero-order valence-corrected chi connectivity index (χ0v) is 16.7. The summed E-state index contributed by atoms with van der Waals surface area (Å²) in [4.78, 5) is 8.56. The summed E-state index contributed by atoms with van der Waals surface area (Å²) in [5.41, 5.74) is 0.941. The van der Waals surface area contributed by atoms with Crippen molar-refractivity contribution in [3.05, 3.63) is 17.7 Å². The molecule has 6 nitrogen and oxygen atoms in total. The minimum absolute atomic E-state index is 0. The van der Waals surface area contributed by atoms with Crippen LogP contribution in [0.2, 0.25) is 0 Å². The lowest BCUT2D eigenvalue weighted by Crippen LogP contribution is -2.35. The predicted molar refractivity (Wildman–Crippen MR) is 100 cm³/mol. The number of methoxy groups -OCH3 is 3. The van der Waals surface area contributed by atoms with Crippen molar-refractivity contribution in [2.24, 2.45) is 4.99 Å². The zero-order chi connectivity index (χ0) is 16.0. The number of ether oxygens (including phenoxy) is 3. The second-order valence-corrected chi connectivity index (χ2v) is 4.92. The van der Waals surface area contributed by atoms with Crippen molar-refractivity contribution in [2.45, 2.75) is 6.54 Å². The van der Waals surface area contributed by atoms with E-state index in [4.69, 9.17) is 14.2 Å². The van der Waals surface area contributed by atoms with Gasteiger partial charge in [0.2, 0.25) is 0 Å². The second kappa shape index (κ2) is 9.60.